The van der Waals surface area contributed by atoms with Crippen LogP contribution in [0.25, 0.3) is 10.8 Å². The molecule has 0 aliphatic rings. The van der Waals surface area contributed by atoms with Gasteiger partial charge in [-0.1, -0.05) is 66.7 Å². The van der Waals surface area contributed by atoms with Crippen LogP contribution in [0, 0.1) is 0 Å². The fourth-order valence-corrected chi connectivity index (χ4v) is 3.40. The van der Waals surface area contributed by atoms with Crippen molar-refractivity contribution < 1.29 is 4.74 Å². The number of nitrogens with one attached hydrogen (secondary N) is 1. The van der Waals surface area contributed by atoms with Crippen molar-refractivity contribution in [3.05, 3.63) is 103 Å². The molecule has 0 heterocycles. The van der Waals surface area contributed by atoms with Gasteiger partial charge in [0.2, 0.25) is 5.96 Å². The van der Waals surface area contributed by atoms with E-state index in [9.17, 15) is 0 Å². The van der Waals surface area contributed by atoms with E-state index in [0.717, 1.165) is 36.2 Å². The molecular formula is C27H27N3O. The number of nitrogens with zero attached hydrogens (tertiary/aromatic N) is 2. The minimum Gasteiger partial charge on any atom is -0.492 e. The van der Waals surface area contributed by atoms with Crippen LogP contribution in [-0.2, 0) is 0 Å². The zero-order valence-electron chi connectivity index (χ0n) is 17.7. The fraction of sp³-hybridized carbons (Fsp3) is 0.148. The molecular weight excluding hydrogens is 382 g/mol. The Morgan fingerprint density at radius 2 is 1.48 bits per heavy atom. The summed E-state index contributed by atoms with van der Waals surface area (Å²) in [6, 6.07) is 34.7. The Hall–Kier alpha value is -3.79. The number of ether oxygens (including phenoxy) is 1. The van der Waals surface area contributed by atoms with E-state index in [-0.39, 0.29) is 0 Å². The summed E-state index contributed by atoms with van der Waals surface area (Å²) in [7, 11) is 0. The molecule has 0 fully saturated rings. The van der Waals surface area contributed by atoms with Crippen molar-refractivity contribution in [3.8, 4) is 5.75 Å². The second-order valence-corrected chi connectivity index (χ2v) is 7.20. The fourth-order valence-electron chi connectivity index (χ4n) is 3.40. The van der Waals surface area contributed by atoms with Gasteiger partial charge in [0.05, 0.1) is 12.2 Å². The summed E-state index contributed by atoms with van der Waals surface area (Å²) in [6.07, 6.45) is 0. The van der Waals surface area contributed by atoms with Gasteiger partial charge in [-0.25, -0.2) is 4.99 Å². The van der Waals surface area contributed by atoms with Gasteiger partial charge in [0, 0.05) is 12.2 Å². The maximum Gasteiger partial charge on any atom is 0.203 e. The predicted octanol–water partition coefficient (Wildman–Crippen LogP) is 6.34. The smallest absolute Gasteiger partial charge is 0.203 e. The second-order valence-electron chi connectivity index (χ2n) is 7.20. The summed E-state index contributed by atoms with van der Waals surface area (Å²) >= 11 is 0. The number of rotatable bonds is 7. The van der Waals surface area contributed by atoms with Crippen molar-refractivity contribution >= 4 is 28.1 Å². The molecule has 31 heavy (non-hydrogen) atoms. The summed E-state index contributed by atoms with van der Waals surface area (Å²) in [4.78, 5) is 7.06. The summed E-state index contributed by atoms with van der Waals surface area (Å²) in [5, 5.41) is 5.87. The number of aliphatic imine (C=N–C) groups is 1. The summed E-state index contributed by atoms with van der Waals surface area (Å²) < 4.78 is 6.07. The Bertz CT molecular complexity index is 1130. The van der Waals surface area contributed by atoms with Gasteiger partial charge in [-0.05, 0) is 54.1 Å². The molecule has 0 amide bonds. The molecule has 0 aliphatic heterocycles. The first kappa shape index (κ1) is 20.5. The first-order valence-electron chi connectivity index (χ1n) is 10.6. The van der Waals surface area contributed by atoms with E-state index in [0.29, 0.717) is 6.61 Å². The van der Waals surface area contributed by atoms with Crippen LogP contribution >= 0.6 is 0 Å². The van der Waals surface area contributed by atoms with Gasteiger partial charge in [-0.2, -0.15) is 0 Å². The van der Waals surface area contributed by atoms with Crippen LogP contribution < -0.4 is 10.1 Å². The van der Waals surface area contributed by atoms with Crippen molar-refractivity contribution in [3.63, 3.8) is 0 Å². The van der Waals surface area contributed by atoms with Gasteiger partial charge in [0.15, 0.2) is 0 Å². The van der Waals surface area contributed by atoms with E-state index >= 15 is 0 Å². The van der Waals surface area contributed by atoms with E-state index in [1.807, 2.05) is 72.8 Å². The Morgan fingerprint density at radius 3 is 2.23 bits per heavy atom. The Labute approximate surface area is 183 Å². The highest BCUT2D eigenvalue weighted by molar-refractivity contribution is 5.95. The molecule has 4 heteroatoms. The maximum absolute atomic E-state index is 6.07. The lowest BCUT2D eigenvalue weighted by Crippen LogP contribution is -2.39. The van der Waals surface area contributed by atoms with Crippen LogP contribution in [0.15, 0.2) is 108 Å². The van der Waals surface area contributed by atoms with E-state index < -0.39 is 0 Å². The average molecular weight is 410 g/mol. The van der Waals surface area contributed by atoms with Gasteiger partial charge >= 0.3 is 0 Å². The van der Waals surface area contributed by atoms with Crippen LogP contribution in [0.3, 0.4) is 0 Å². The van der Waals surface area contributed by atoms with E-state index in [1.54, 1.807) is 0 Å². The molecule has 0 atom stereocenters. The molecule has 0 bridgehead atoms. The number of hydrogen-bond acceptors (Lipinski definition) is 2. The molecule has 0 spiro atoms. The Kier molecular flexibility index (Phi) is 6.81. The minimum absolute atomic E-state index is 0.566. The lowest BCUT2D eigenvalue weighted by Gasteiger charge is -2.25. The average Bonchev–Trinajstić information content (AvgIpc) is 2.83. The van der Waals surface area contributed by atoms with Crippen LogP contribution in [-0.4, -0.2) is 30.6 Å². The van der Waals surface area contributed by atoms with Gasteiger partial charge in [0.1, 0.15) is 12.4 Å². The predicted molar refractivity (Wildman–Crippen MR) is 130 cm³/mol. The van der Waals surface area contributed by atoms with Crippen LogP contribution in [0.1, 0.15) is 6.92 Å². The number of guanidine groups is 1. The lowest BCUT2D eigenvalue weighted by molar-refractivity contribution is 0.272. The van der Waals surface area contributed by atoms with Gasteiger partial charge in [-0.3, -0.25) is 0 Å². The number of benzene rings is 4. The molecule has 4 nitrogen and oxygen atoms in total. The number of para-hydroxylation sites is 2. The topological polar surface area (TPSA) is 36.9 Å². The molecule has 0 saturated heterocycles. The first-order chi connectivity index (χ1) is 15.3. The molecule has 0 unspecified atom stereocenters. The third kappa shape index (κ3) is 5.64. The van der Waals surface area contributed by atoms with Gasteiger partial charge < -0.3 is 15.0 Å². The number of likely N-dealkylation sites (N-methyl/N-ethyl adjacent to an activating group) is 1. The molecule has 4 aromatic carbocycles. The Morgan fingerprint density at radius 1 is 0.806 bits per heavy atom. The highest BCUT2D eigenvalue weighted by atomic mass is 16.5. The van der Waals surface area contributed by atoms with Gasteiger partial charge in [-0.15, -0.1) is 0 Å². The molecule has 0 radical (unpaired) electrons. The van der Waals surface area contributed by atoms with Gasteiger partial charge in [0.25, 0.3) is 0 Å². The van der Waals surface area contributed by atoms with Crippen molar-refractivity contribution in [1.29, 1.82) is 0 Å². The number of anilines is 1. The van der Waals surface area contributed by atoms with Crippen molar-refractivity contribution in [1.82, 2.24) is 4.90 Å². The van der Waals surface area contributed by atoms with E-state index in [2.05, 4.69) is 47.5 Å². The van der Waals surface area contributed by atoms with Crippen molar-refractivity contribution in [2.24, 2.45) is 4.99 Å². The summed E-state index contributed by atoms with van der Waals surface area (Å²) in [6.45, 7) is 4.22. The van der Waals surface area contributed by atoms with Crippen LogP contribution in [0.2, 0.25) is 0 Å². The summed E-state index contributed by atoms with van der Waals surface area (Å²) in [5.74, 6) is 1.69. The van der Waals surface area contributed by atoms with Crippen LogP contribution in [0.5, 0.6) is 5.75 Å². The molecule has 4 aromatic rings. The van der Waals surface area contributed by atoms with E-state index in [4.69, 9.17) is 9.73 Å². The van der Waals surface area contributed by atoms with E-state index in [1.165, 1.54) is 10.8 Å². The Balaban J connectivity index is 1.47. The molecule has 0 aliphatic carbocycles. The second kappa shape index (κ2) is 10.3. The van der Waals surface area contributed by atoms with Crippen molar-refractivity contribution in [2.75, 3.05) is 25.0 Å². The molecule has 0 aromatic heterocycles. The highest BCUT2D eigenvalue weighted by Crippen LogP contribution is 2.20. The largest absolute Gasteiger partial charge is 0.492 e. The normalized spacial score (nSPS) is 11.3. The zero-order valence-corrected chi connectivity index (χ0v) is 17.7. The monoisotopic (exact) mass is 409 g/mol. The van der Waals surface area contributed by atoms with Crippen LogP contribution in [0.4, 0.5) is 11.4 Å². The molecule has 1 N–H and O–H groups in total. The SMILES string of the molecule is CCN(CCOc1ccc2ccccc2c1)/C(=N\c1ccccc1)Nc1ccccc1. The quantitative estimate of drug-likeness (QED) is 0.286. The molecule has 0 saturated carbocycles. The zero-order chi connectivity index (χ0) is 21.3. The third-order valence-electron chi connectivity index (χ3n) is 5.05. The summed E-state index contributed by atoms with van der Waals surface area (Å²) in [5.41, 5.74) is 1.92. The highest BCUT2D eigenvalue weighted by Gasteiger charge is 2.11. The molecule has 4 rings (SSSR count). The minimum atomic E-state index is 0.566. The third-order valence-corrected chi connectivity index (χ3v) is 5.05. The standard InChI is InChI=1S/C27H27N3O/c1-2-30(19-20-31-26-18-17-22-11-9-10-12-23(22)21-26)27(28-24-13-5-3-6-14-24)29-25-15-7-4-8-16-25/h3-18,21H,2,19-20H2,1H3,(H,28,29). The molecule has 156 valence electrons. The maximum atomic E-state index is 6.07. The number of fused-ring (bicyclic) bond motifs is 1. The first-order valence-corrected chi connectivity index (χ1v) is 10.6. The number of hydrogen-bond donors (Lipinski definition) is 1. The van der Waals surface area contributed by atoms with Crippen molar-refractivity contribution in [2.45, 2.75) is 6.92 Å². The lowest BCUT2D eigenvalue weighted by atomic mass is 10.1.